The molecular formula is C14H29NOS. The van der Waals surface area contributed by atoms with Crippen LogP contribution in [0.2, 0.25) is 0 Å². The second kappa shape index (κ2) is 9.09. The number of rotatable bonds is 9. The van der Waals surface area contributed by atoms with Crippen LogP contribution in [0.15, 0.2) is 0 Å². The highest BCUT2D eigenvalue weighted by Gasteiger charge is 2.17. The van der Waals surface area contributed by atoms with Gasteiger partial charge in [0.05, 0.1) is 0 Å². The summed E-state index contributed by atoms with van der Waals surface area (Å²) in [6, 6.07) is 0.628. The number of hydrogen-bond donors (Lipinski definition) is 1. The molecule has 1 aliphatic rings. The smallest absolute Gasteiger partial charge is 0.0263 e. The summed E-state index contributed by atoms with van der Waals surface area (Å²) in [5.74, 6) is 2.66. The second-order valence-corrected chi connectivity index (χ2v) is 6.89. The molecule has 0 bridgehead atoms. The van der Waals surface area contributed by atoms with Crippen LogP contribution in [0.4, 0.5) is 0 Å². The fraction of sp³-hybridized carbons (Fsp3) is 1.00. The average Bonchev–Trinajstić information content (AvgIpc) is 2.80. The Morgan fingerprint density at radius 1 is 1.29 bits per heavy atom. The third-order valence-corrected chi connectivity index (χ3v) is 5.39. The number of nitrogens with one attached hydrogen (secondary N) is 1. The van der Waals surface area contributed by atoms with Gasteiger partial charge in [-0.1, -0.05) is 26.7 Å². The SMILES string of the molecule is CCNC(CC)CCCS(=O)CC1CCCC1. The van der Waals surface area contributed by atoms with Crippen molar-refractivity contribution in [2.24, 2.45) is 5.92 Å². The Labute approximate surface area is 109 Å². The van der Waals surface area contributed by atoms with E-state index >= 15 is 0 Å². The van der Waals surface area contributed by atoms with Crippen LogP contribution in [0.25, 0.3) is 0 Å². The third kappa shape index (κ3) is 6.56. The van der Waals surface area contributed by atoms with Crippen molar-refractivity contribution in [3.05, 3.63) is 0 Å². The highest BCUT2D eigenvalue weighted by atomic mass is 32.2. The van der Waals surface area contributed by atoms with E-state index in [0.717, 1.165) is 30.4 Å². The zero-order valence-electron chi connectivity index (χ0n) is 11.5. The molecule has 17 heavy (non-hydrogen) atoms. The van der Waals surface area contributed by atoms with Gasteiger partial charge >= 0.3 is 0 Å². The molecule has 2 nitrogen and oxygen atoms in total. The van der Waals surface area contributed by atoms with E-state index in [1.165, 1.54) is 38.5 Å². The first kappa shape index (κ1) is 15.2. The van der Waals surface area contributed by atoms with Gasteiger partial charge in [0.1, 0.15) is 0 Å². The van der Waals surface area contributed by atoms with Crippen LogP contribution in [0.3, 0.4) is 0 Å². The lowest BCUT2D eigenvalue weighted by Crippen LogP contribution is -2.28. The molecule has 0 heterocycles. The lowest BCUT2D eigenvalue weighted by molar-refractivity contribution is 0.476. The quantitative estimate of drug-likeness (QED) is 0.689. The summed E-state index contributed by atoms with van der Waals surface area (Å²) in [5, 5.41) is 3.48. The van der Waals surface area contributed by atoms with Gasteiger partial charge in [-0.25, -0.2) is 0 Å². The molecule has 0 aliphatic heterocycles. The van der Waals surface area contributed by atoms with E-state index in [1.54, 1.807) is 0 Å². The molecule has 2 unspecified atom stereocenters. The van der Waals surface area contributed by atoms with Gasteiger partial charge in [-0.2, -0.15) is 0 Å². The first-order valence-corrected chi connectivity index (χ1v) is 8.83. The van der Waals surface area contributed by atoms with E-state index in [4.69, 9.17) is 0 Å². The van der Waals surface area contributed by atoms with E-state index in [1.807, 2.05) is 0 Å². The van der Waals surface area contributed by atoms with E-state index in [2.05, 4.69) is 19.2 Å². The Kier molecular flexibility index (Phi) is 8.12. The minimum Gasteiger partial charge on any atom is -0.314 e. The van der Waals surface area contributed by atoms with Crippen LogP contribution in [0.5, 0.6) is 0 Å². The molecule has 0 aromatic carbocycles. The van der Waals surface area contributed by atoms with Gasteiger partial charge in [0.25, 0.3) is 0 Å². The normalized spacial score (nSPS) is 20.6. The summed E-state index contributed by atoms with van der Waals surface area (Å²) in [4.78, 5) is 0. The maximum Gasteiger partial charge on any atom is 0.0263 e. The van der Waals surface area contributed by atoms with Crippen molar-refractivity contribution in [3.8, 4) is 0 Å². The van der Waals surface area contributed by atoms with Crippen molar-refractivity contribution in [2.45, 2.75) is 64.8 Å². The fourth-order valence-corrected chi connectivity index (χ4v) is 4.27. The Bertz CT molecular complexity index is 214. The predicted octanol–water partition coefficient (Wildman–Crippen LogP) is 3.09. The van der Waals surface area contributed by atoms with Crippen LogP contribution in [0, 0.1) is 5.92 Å². The van der Waals surface area contributed by atoms with Gasteiger partial charge in [-0.3, -0.25) is 4.21 Å². The molecule has 3 heteroatoms. The summed E-state index contributed by atoms with van der Waals surface area (Å²) < 4.78 is 11.9. The van der Waals surface area contributed by atoms with Crippen molar-refractivity contribution >= 4 is 10.8 Å². The van der Waals surface area contributed by atoms with E-state index in [9.17, 15) is 4.21 Å². The van der Waals surface area contributed by atoms with Crippen LogP contribution < -0.4 is 5.32 Å². The van der Waals surface area contributed by atoms with Gasteiger partial charge in [-0.15, -0.1) is 0 Å². The van der Waals surface area contributed by atoms with Crippen molar-refractivity contribution in [3.63, 3.8) is 0 Å². The van der Waals surface area contributed by atoms with Crippen LogP contribution >= 0.6 is 0 Å². The maximum absolute atomic E-state index is 11.9. The molecule has 1 aliphatic carbocycles. The lowest BCUT2D eigenvalue weighted by Gasteiger charge is -2.15. The third-order valence-electron chi connectivity index (χ3n) is 3.81. The standard InChI is InChI=1S/C14H29NOS/c1-3-14(15-4-2)10-7-11-17(16)12-13-8-5-6-9-13/h13-15H,3-12H2,1-2H3. The Morgan fingerprint density at radius 2 is 2.00 bits per heavy atom. The zero-order chi connectivity index (χ0) is 12.5. The van der Waals surface area contributed by atoms with Crippen LogP contribution in [0.1, 0.15) is 58.8 Å². The summed E-state index contributed by atoms with van der Waals surface area (Å²) in [6.45, 7) is 5.42. The first-order valence-electron chi connectivity index (χ1n) is 7.34. The Balaban J connectivity index is 2.06. The Morgan fingerprint density at radius 3 is 2.59 bits per heavy atom. The van der Waals surface area contributed by atoms with E-state index < -0.39 is 10.8 Å². The highest BCUT2D eigenvalue weighted by Crippen LogP contribution is 2.25. The molecule has 0 radical (unpaired) electrons. The van der Waals surface area contributed by atoms with Gasteiger partial charge in [0.2, 0.25) is 0 Å². The van der Waals surface area contributed by atoms with Crippen LogP contribution in [-0.4, -0.2) is 28.3 Å². The summed E-state index contributed by atoms with van der Waals surface area (Å²) in [6.07, 6.45) is 8.84. The van der Waals surface area contributed by atoms with Crippen molar-refractivity contribution in [1.29, 1.82) is 0 Å². The molecule has 1 fully saturated rings. The minimum atomic E-state index is -0.560. The molecular weight excluding hydrogens is 230 g/mol. The molecule has 0 aromatic heterocycles. The van der Waals surface area contributed by atoms with E-state index in [0.29, 0.717) is 6.04 Å². The molecule has 102 valence electrons. The van der Waals surface area contributed by atoms with Crippen LogP contribution in [-0.2, 0) is 10.8 Å². The lowest BCUT2D eigenvalue weighted by atomic mass is 10.1. The van der Waals surface area contributed by atoms with Crippen molar-refractivity contribution in [1.82, 2.24) is 5.32 Å². The maximum atomic E-state index is 11.9. The average molecular weight is 259 g/mol. The molecule has 0 amide bonds. The molecule has 1 saturated carbocycles. The summed E-state index contributed by atoms with van der Waals surface area (Å²) in [7, 11) is -0.560. The zero-order valence-corrected chi connectivity index (χ0v) is 12.4. The fourth-order valence-electron chi connectivity index (χ4n) is 2.75. The van der Waals surface area contributed by atoms with Gasteiger partial charge in [0, 0.05) is 28.3 Å². The molecule has 0 saturated heterocycles. The highest BCUT2D eigenvalue weighted by molar-refractivity contribution is 7.84. The second-order valence-electron chi connectivity index (χ2n) is 5.27. The molecule has 2 atom stereocenters. The topological polar surface area (TPSA) is 29.1 Å². The van der Waals surface area contributed by atoms with Crippen molar-refractivity contribution in [2.75, 3.05) is 18.1 Å². The summed E-state index contributed by atoms with van der Waals surface area (Å²) in [5.41, 5.74) is 0. The predicted molar refractivity (Wildman–Crippen MR) is 76.8 cm³/mol. The number of hydrogen-bond acceptors (Lipinski definition) is 2. The first-order chi connectivity index (χ1) is 8.26. The largest absolute Gasteiger partial charge is 0.314 e. The minimum absolute atomic E-state index is 0.560. The molecule has 0 aromatic rings. The van der Waals surface area contributed by atoms with Gasteiger partial charge < -0.3 is 5.32 Å². The van der Waals surface area contributed by atoms with Crippen molar-refractivity contribution < 1.29 is 4.21 Å². The molecule has 1 rings (SSSR count). The monoisotopic (exact) mass is 259 g/mol. The summed E-state index contributed by atoms with van der Waals surface area (Å²) >= 11 is 0. The van der Waals surface area contributed by atoms with E-state index in [-0.39, 0.29) is 0 Å². The molecule has 1 N–H and O–H groups in total. The van der Waals surface area contributed by atoms with Gasteiger partial charge in [0.15, 0.2) is 0 Å². The van der Waals surface area contributed by atoms with Gasteiger partial charge in [-0.05, 0) is 44.6 Å². The molecule has 0 spiro atoms. The Hall–Kier alpha value is 0.110.